The molecule has 27 heavy (non-hydrogen) atoms. The third-order valence-corrected chi connectivity index (χ3v) is 7.48. The van der Waals surface area contributed by atoms with Gasteiger partial charge in [-0.15, -0.1) is 17.9 Å². The van der Waals surface area contributed by atoms with Crippen molar-refractivity contribution in [2.24, 2.45) is 5.92 Å². The molecule has 140 valence electrons. The normalized spacial score (nSPS) is 16.4. The fourth-order valence-corrected chi connectivity index (χ4v) is 6.23. The van der Waals surface area contributed by atoms with Crippen molar-refractivity contribution in [3.63, 3.8) is 0 Å². The van der Waals surface area contributed by atoms with E-state index in [9.17, 15) is 4.79 Å². The molecule has 2 aromatic heterocycles. The molecule has 1 aromatic carbocycles. The number of thiophene rings is 1. The van der Waals surface area contributed by atoms with E-state index in [2.05, 4.69) is 44.7 Å². The van der Waals surface area contributed by atoms with Gasteiger partial charge in [0.2, 0.25) is 0 Å². The van der Waals surface area contributed by atoms with Crippen molar-refractivity contribution in [2.45, 2.75) is 50.6 Å². The van der Waals surface area contributed by atoms with Crippen molar-refractivity contribution < 1.29 is 0 Å². The van der Waals surface area contributed by atoms with Crippen LogP contribution in [0.5, 0.6) is 0 Å². The summed E-state index contributed by atoms with van der Waals surface area (Å²) >= 11 is 3.36. The fourth-order valence-electron chi connectivity index (χ4n) is 3.72. The topological polar surface area (TPSA) is 34.9 Å². The van der Waals surface area contributed by atoms with Crippen LogP contribution in [-0.4, -0.2) is 9.55 Å². The lowest BCUT2D eigenvalue weighted by Crippen LogP contribution is -2.23. The van der Waals surface area contributed by atoms with Gasteiger partial charge in [-0.1, -0.05) is 49.0 Å². The number of allylic oxidation sites excluding steroid dienone is 1. The Morgan fingerprint density at radius 1 is 1.41 bits per heavy atom. The van der Waals surface area contributed by atoms with E-state index in [1.54, 1.807) is 33.7 Å². The van der Waals surface area contributed by atoms with E-state index in [0.717, 1.165) is 40.4 Å². The predicted octanol–water partition coefficient (Wildman–Crippen LogP) is 5.37. The van der Waals surface area contributed by atoms with Crippen LogP contribution in [0.15, 0.2) is 46.9 Å². The summed E-state index contributed by atoms with van der Waals surface area (Å²) < 4.78 is 1.79. The Morgan fingerprint density at radius 2 is 2.22 bits per heavy atom. The molecule has 3 nitrogen and oxygen atoms in total. The summed E-state index contributed by atoms with van der Waals surface area (Å²) in [5, 5.41) is 1.64. The van der Waals surface area contributed by atoms with Crippen LogP contribution in [0.4, 0.5) is 0 Å². The van der Waals surface area contributed by atoms with Crippen LogP contribution in [-0.2, 0) is 25.1 Å². The zero-order chi connectivity index (χ0) is 19.0. The first-order valence-corrected chi connectivity index (χ1v) is 11.2. The van der Waals surface area contributed by atoms with Gasteiger partial charge in [0.25, 0.3) is 5.56 Å². The maximum Gasteiger partial charge on any atom is 0.263 e. The molecule has 4 rings (SSSR count). The number of fused-ring (bicyclic) bond motifs is 3. The number of hydrogen-bond acceptors (Lipinski definition) is 4. The van der Waals surface area contributed by atoms with Gasteiger partial charge >= 0.3 is 0 Å². The van der Waals surface area contributed by atoms with Crippen LogP contribution in [0.2, 0.25) is 0 Å². The van der Waals surface area contributed by atoms with Gasteiger partial charge in [0.05, 0.1) is 5.39 Å². The highest BCUT2D eigenvalue weighted by molar-refractivity contribution is 7.98. The molecule has 0 bridgehead atoms. The zero-order valence-electron chi connectivity index (χ0n) is 15.8. The van der Waals surface area contributed by atoms with Gasteiger partial charge in [-0.3, -0.25) is 9.36 Å². The minimum absolute atomic E-state index is 0.0965. The summed E-state index contributed by atoms with van der Waals surface area (Å²) in [5.74, 6) is 1.50. The first-order chi connectivity index (χ1) is 13.1. The molecule has 0 N–H and O–H groups in total. The van der Waals surface area contributed by atoms with E-state index < -0.39 is 0 Å². The molecule has 2 heterocycles. The molecule has 0 aliphatic heterocycles. The van der Waals surface area contributed by atoms with Gasteiger partial charge in [0, 0.05) is 17.2 Å². The summed E-state index contributed by atoms with van der Waals surface area (Å²) in [6.07, 6.45) is 5.01. The minimum Gasteiger partial charge on any atom is -0.283 e. The molecule has 1 atom stereocenters. The second-order valence-corrected chi connectivity index (χ2v) is 9.37. The first kappa shape index (κ1) is 18.5. The molecule has 1 aliphatic carbocycles. The molecule has 0 spiro atoms. The number of benzene rings is 1. The van der Waals surface area contributed by atoms with E-state index in [4.69, 9.17) is 4.98 Å². The second kappa shape index (κ2) is 7.64. The number of nitrogens with zero attached hydrogens (tertiary/aromatic N) is 2. The largest absolute Gasteiger partial charge is 0.283 e. The highest BCUT2D eigenvalue weighted by atomic mass is 32.2. The van der Waals surface area contributed by atoms with Crippen LogP contribution in [0, 0.1) is 12.8 Å². The average molecular weight is 397 g/mol. The molecule has 0 saturated carbocycles. The lowest BCUT2D eigenvalue weighted by atomic mass is 9.89. The number of aromatic nitrogens is 2. The summed E-state index contributed by atoms with van der Waals surface area (Å²) in [5.41, 5.74) is 3.89. The third-order valence-electron chi connectivity index (χ3n) is 5.31. The van der Waals surface area contributed by atoms with Crippen molar-refractivity contribution in [3.8, 4) is 0 Å². The molecular weight excluding hydrogens is 372 g/mol. The van der Waals surface area contributed by atoms with Crippen molar-refractivity contribution in [1.29, 1.82) is 0 Å². The van der Waals surface area contributed by atoms with E-state index in [1.807, 2.05) is 0 Å². The molecule has 1 aliphatic rings. The first-order valence-electron chi connectivity index (χ1n) is 9.41. The van der Waals surface area contributed by atoms with Crippen molar-refractivity contribution in [2.75, 3.05) is 0 Å². The van der Waals surface area contributed by atoms with Crippen molar-refractivity contribution in [1.82, 2.24) is 9.55 Å². The van der Waals surface area contributed by atoms with Crippen LogP contribution in [0.1, 0.15) is 34.9 Å². The van der Waals surface area contributed by atoms with E-state index in [1.165, 1.54) is 21.6 Å². The molecule has 5 heteroatoms. The highest BCUT2D eigenvalue weighted by Crippen LogP contribution is 2.36. The molecule has 0 unspecified atom stereocenters. The summed E-state index contributed by atoms with van der Waals surface area (Å²) in [6, 6.07) is 8.38. The van der Waals surface area contributed by atoms with E-state index in [-0.39, 0.29) is 5.56 Å². The molecular formula is C22H24N2OS2. The quantitative estimate of drug-likeness (QED) is 0.330. The Hall–Kier alpha value is -1.85. The SMILES string of the molecule is C=CCn1c(SCc2ccccc2C)nc2sc3c(c2c1=O)CC[C@H](C)C3. The Balaban J connectivity index is 1.78. The molecule has 0 amide bonds. The Labute approximate surface area is 168 Å². The van der Waals surface area contributed by atoms with Crippen LogP contribution in [0.3, 0.4) is 0 Å². The van der Waals surface area contributed by atoms with Crippen LogP contribution >= 0.6 is 23.1 Å². The number of hydrogen-bond donors (Lipinski definition) is 0. The van der Waals surface area contributed by atoms with E-state index >= 15 is 0 Å². The maximum atomic E-state index is 13.3. The predicted molar refractivity (Wildman–Crippen MR) is 116 cm³/mol. The van der Waals surface area contributed by atoms with E-state index in [0.29, 0.717) is 12.5 Å². The lowest BCUT2D eigenvalue weighted by molar-refractivity contribution is 0.509. The standard InChI is InChI=1S/C22H24N2OS2/c1-4-11-24-21(25)19-17-10-9-14(2)12-18(17)27-20(19)23-22(24)26-13-16-8-6-5-7-15(16)3/h4-8,14H,1,9-13H2,2-3H3/t14-/m0/s1. The highest BCUT2D eigenvalue weighted by Gasteiger charge is 2.24. The number of rotatable bonds is 5. The minimum atomic E-state index is 0.0965. The molecule has 3 aromatic rings. The van der Waals surface area contributed by atoms with Crippen molar-refractivity contribution in [3.05, 3.63) is 68.8 Å². The Morgan fingerprint density at radius 3 is 3.00 bits per heavy atom. The monoisotopic (exact) mass is 396 g/mol. The lowest BCUT2D eigenvalue weighted by Gasteiger charge is -2.17. The van der Waals surface area contributed by atoms with Gasteiger partial charge < -0.3 is 0 Å². The fraction of sp³-hybridized carbons (Fsp3) is 0.364. The van der Waals surface area contributed by atoms with Gasteiger partial charge in [-0.05, 0) is 48.8 Å². The van der Waals surface area contributed by atoms with Gasteiger partial charge in [0.15, 0.2) is 5.16 Å². The maximum absolute atomic E-state index is 13.3. The third kappa shape index (κ3) is 3.50. The zero-order valence-corrected chi connectivity index (χ0v) is 17.5. The van der Waals surface area contributed by atoms with Crippen LogP contribution < -0.4 is 5.56 Å². The smallest absolute Gasteiger partial charge is 0.263 e. The van der Waals surface area contributed by atoms with Gasteiger partial charge in [0.1, 0.15) is 4.83 Å². The Bertz CT molecular complexity index is 1060. The van der Waals surface area contributed by atoms with Crippen molar-refractivity contribution >= 4 is 33.3 Å². The second-order valence-electron chi connectivity index (χ2n) is 7.35. The van der Waals surface area contributed by atoms with Gasteiger partial charge in [-0.2, -0.15) is 0 Å². The molecule has 0 saturated heterocycles. The Kier molecular flexibility index (Phi) is 5.24. The number of thioether (sulfide) groups is 1. The summed E-state index contributed by atoms with van der Waals surface area (Å²) in [7, 11) is 0. The number of aryl methyl sites for hydroxylation is 2. The molecule has 0 radical (unpaired) electrons. The van der Waals surface area contributed by atoms with Gasteiger partial charge in [-0.25, -0.2) is 4.98 Å². The summed E-state index contributed by atoms with van der Waals surface area (Å²) in [4.78, 5) is 20.5. The van der Waals surface area contributed by atoms with Crippen LogP contribution in [0.25, 0.3) is 10.2 Å². The average Bonchev–Trinajstić information content (AvgIpc) is 3.01. The molecule has 0 fully saturated rings. The summed E-state index contributed by atoms with van der Waals surface area (Å²) in [6.45, 7) is 8.76.